The van der Waals surface area contributed by atoms with Crippen LogP contribution in [0.4, 0.5) is 8.78 Å². The van der Waals surface area contributed by atoms with Crippen LogP contribution in [0, 0.1) is 11.6 Å². The molecule has 0 aromatic heterocycles. The maximum absolute atomic E-state index is 13.1. The van der Waals surface area contributed by atoms with Crippen LogP contribution in [0.2, 0.25) is 0 Å². The Morgan fingerprint density at radius 1 is 0.592 bits per heavy atom. The molecule has 4 fully saturated rings. The van der Waals surface area contributed by atoms with Gasteiger partial charge in [-0.15, -0.1) is 12.4 Å². The normalized spacial score (nSPS) is 19.7. The minimum absolute atomic E-state index is 0. The van der Waals surface area contributed by atoms with E-state index in [1.165, 1.54) is 47.5 Å². The summed E-state index contributed by atoms with van der Waals surface area (Å²) in [6.45, 7) is 5.45. The number of piperidine rings is 4. The van der Waals surface area contributed by atoms with Gasteiger partial charge in [-0.3, -0.25) is 53.9 Å². The first-order valence-electron chi connectivity index (χ1n) is 22.9. The number of hydrogen-bond donors (Lipinski definition) is 4. The molecule has 71 heavy (non-hydrogen) atoms. The molecule has 10 rings (SSSR count). The third-order valence-corrected chi connectivity index (χ3v) is 13.3. The number of imide groups is 2. The van der Waals surface area contributed by atoms with E-state index < -0.39 is 12.1 Å². The number of nitrogens with zero attached hydrogens (tertiary/aromatic N) is 3. The lowest BCUT2D eigenvalue weighted by molar-refractivity contribution is -0.138. The number of benzene rings is 4. The fraction of sp³-hybridized carbons (Fsp3) is 0.396. The van der Waals surface area contributed by atoms with Gasteiger partial charge in [0.25, 0.3) is 18.3 Å². The Morgan fingerprint density at radius 3 is 1.44 bits per heavy atom. The minimum atomic E-state index is -0.578. The van der Waals surface area contributed by atoms with E-state index in [-0.39, 0.29) is 93.7 Å². The zero-order valence-electron chi connectivity index (χ0n) is 37.9. The third kappa shape index (κ3) is 14.2. The van der Waals surface area contributed by atoms with E-state index in [1.54, 1.807) is 9.80 Å². The molecule has 4 aromatic rings. The van der Waals surface area contributed by atoms with Gasteiger partial charge in [-0.1, -0.05) is 51.3 Å². The van der Waals surface area contributed by atoms with Crippen LogP contribution in [-0.2, 0) is 43.6 Å². The lowest BCUT2D eigenvalue weighted by Gasteiger charge is -2.32. The summed E-state index contributed by atoms with van der Waals surface area (Å²) in [5, 5.41) is 14.9. The van der Waals surface area contributed by atoms with Crippen LogP contribution >= 0.6 is 12.4 Å². The third-order valence-electron chi connectivity index (χ3n) is 13.3. The number of carboxylic acid groups (broad SMARTS) is 1. The van der Waals surface area contributed by atoms with Gasteiger partial charge in [-0.2, -0.15) is 0 Å². The second-order valence-corrected chi connectivity index (χ2v) is 17.6. The number of amides is 6. The van der Waals surface area contributed by atoms with Crippen LogP contribution in [0.5, 0.6) is 0 Å². The predicted octanol–water partition coefficient (Wildman–Crippen LogP) is 6.91. The highest BCUT2D eigenvalue weighted by atomic mass is 35.5. The summed E-state index contributed by atoms with van der Waals surface area (Å²) in [5.41, 5.74) is 7.46. The summed E-state index contributed by atoms with van der Waals surface area (Å²) < 4.78 is 25.2. The average molecular weight is 1000 g/mol. The largest absolute Gasteiger partial charge is 0.483 e. The Kier molecular flexibility index (Phi) is 21.2. The van der Waals surface area contributed by atoms with Gasteiger partial charge in [0, 0.05) is 49.2 Å². The number of carbonyl (C=O) groups is 8. The fourth-order valence-electron chi connectivity index (χ4n) is 9.67. The van der Waals surface area contributed by atoms with E-state index in [4.69, 9.17) is 9.90 Å². The molecule has 2 atom stereocenters. The number of halogens is 3. The molecule has 6 amide bonds. The van der Waals surface area contributed by atoms with Gasteiger partial charge in [-0.05, 0) is 153 Å². The van der Waals surface area contributed by atoms with Crippen LogP contribution in [-0.4, -0.2) is 106 Å². The van der Waals surface area contributed by atoms with Crippen molar-refractivity contribution in [2.24, 2.45) is 0 Å². The van der Waals surface area contributed by atoms with Crippen molar-refractivity contribution in [3.8, 4) is 0 Å². The lowest BCUT2D eigenvalue weighted by Crippen LogP contribution is -2.52. The van der Waals surface area contributed by atoms with Crippen LogP contribution in [0.25, 0.3) is 0 Å². The molecule has 18 heteroatoms. The molecule has 4 aromatic carbocycles. The standard InChI is InChI=1S/C25H26FN3O3.C18H21N3O3.C7H5FO.CH2O2.2CH4.ClH/c26-20-4-1-16(2-5-20)14-28-11-9-17(10-12-28)18-3-6-21-19(13-18)15-29(25(21)32)22-7-8-23(30)27-24(22)31;22-16-4-3-15(17(23)20-16)21-10-13-9-12(1-2-14(13)18(21)24)11-5-7-19-8-6-11;8-7-3-1-6(5-9)2-4-7;2-1-3;;;/h1-6,13,17,22H,7-12,14-15H2,(H,27,30,31);1-2,9,11,15,19H,3-8,10H2,(H,20,22,23);1-5H;1H,(H,2,3);2*1H4;1H. The topological polar surface area (TPSA) is 203 Å². The van der Waals surface area contributed by atoms with Gasteiger partial charge in [-0.25, -0.2) is 8.78 Å². The van der Waals surface area contributed by atoms with Gasteiger partial charge in [0.2, 0.25) is 23.6 Å². The Morgan fingerprint density at radius 2 is 1.01 bits per heavy atom. The number of hydrogen-bond acceptors (Lipinski definition) is 10. The molecule has 6 aliphatic heterocycles. The van der Waals surface area contributed by atoms with E-state index in [0.717, 1.165) is 75.1 Å². The van der Waals surface area contributed by atoms with Crippen molar-refractivity contribution >= 4 is 60.6 Å². The highest BCUT2D eigenvalue weighted by molar-refractivity contribution is 6.06. The number of nitrogens with one attached hydrogen (secondary N) is 3. The molecule has 4 saturated heterocycles. The van der Waals surface area contributed by atoms with E-state index in [2.05, 4.69) is 39.0 Å². The van der Waals surface area contributed by atoms with Crippen LogP contribution < -0.4 is 16.0 Å². The zero-order valence-corrected chi connectivity index (χ0v) is 38.7. The lowest BCUT2D eigenvalue weighted by atomic mass is 9.87. The molecule has 0 spiro atoms. The van der Waals surface area contributed by atoms with Crippen molar-refractivity contribution in [2.75, 3.05) is 26.2 Å². The number of aldehydes is 1. The van der Waals surface area contributed by atoms with Crippen molar-refractivity contribution in [2.45, 2.75) is 110 Å². The molecule has 380 valence electrons. The highest BCUT2D eigenvalue weighted by Gasteiger charge is 2.41. The summed E-state index contributed by atoms with van der Waals surface area (Å²) >= 11 is 0. The molecule has 15 nitrogen and oxygen atoms in total. The van der Waals surface area contributed by atoms with Gasteiger partial charge >= 0.3 is 0 Å². The molecular weight excluding hydrogens is 938 g/mol. The number of rotatable bonds is 7. The van der Waals surface area contributed by atoms with Gasteiger partial charge in [0.05, 0.1) is 0 Å². The monoisotopic (exact) mass is 1000 g/mol. The van der Waals surface area contributed by atoms with E-state index >= 15 is 0 Å². The number of fused-ring (bicyclic) bond motifs is 2. The molecule has 0 bridgehead atoms. The maximum Gasteiger partial charge on any atom is 0.290 e. The summed E-state index contributed by atoms with van der Waals surface area (Å²) in [6, 6.07) is 23.1. The van der Waals surface area contributed by atoms with Crippen molar-refractivity contribution in [1.82, 2.24) is 30.7 Å². The Balaban J connectivity index is 0.000000247. The van der Waals surface area contributed by atoms with E-state index in [1.807, 2.05) is 30.3 Å². The molecule has 6 aliphatic rings. The Labute approximate surface area is 419 Å². The second-order valence-electron chi connectivity index (χ2n) is 17.6. The first kappa shape index (κ1) is 56.9. The van der Waals surface area contributed by atoms with Gasteiger partial charge in [0.15, 0.2) is 0 Å². The molecule has 0 aliphatic carbocycles. The Bertz CT molecular complexity index is 2530. The van der Waals surface area contributed by atoms with E-state index in [0.29, 0.717) is 60.7 Å². The maximum atomic E-state index is 13.1. The van der Waals surface area contributed by atoms with E-state index in [9.17, 15) is 42.3 Å². The molecule has 6 heterocycles. The van der Waals surface area contributed by atoms with Crippen molar-refractivity contribution in [3.05, 3.63) is 141 Å². The summed E-state index contributed by atoms with van der Waals surface area (Å²) in [6.07, 6.45) is 6.31. The smallest absolute Gasteiger partial charge is 0.290 e. The van der Waals surface area contributed by atoms with Gasteiger partial charge < -0.3 is 20.2 Å². The van der Waals surface area contributed by atoms with Crippen molar-refractivity contribution in [3.63, 3.8) is 0 Å². The van der Waals surface area contributed by atoms with Gasteiger partial charge in [0.1, 0.15) is 30.0 Å². The first-order chi connectivity index (χ1) is 32.8. The molecule has 0 radical (unpaired) electrons. The Hall–Kier alpha value is -6.69. The molecule has 2 unspecified atom stereocenters. The highest BCUT2D eigenvalue weighted by Crippen LogP contribution is 2.35. The first-order valence-corrected chi connectivity index (χ1v) is 22.9. The second kappa shape index (κ2) is 26.5. The van der Waals surface area contributed by atoms with Crippen LogP contribution in [0.15, 0.2) is 84.9 Å². The minimum Gasteiger partial charge on any atom is -0.483 e. The molecule has 0 saturated carbocycles. The fourth-order valence-corrected chi connectivity index (χ4v) is 9.67. The zero-order chi connectivity index (χ0) is 48.3. The van der Waals surface area contributed by atoms with Crippen LogP contribution in [0.1, 0.15) is 137 Å². The predicted molar refractivity (Wildman–Crippen MR) is 265 cm³/mol. The summed E-state index contributed by atoms with van der Waals surface area (Å²) in [5.74, 6) is -1.05. The summed E-state index contributed by atoms with van der Waals surface area (Å²) in [7, 11) is 0. The molecule has 4 N–H and O–H groups in total. The number of carbonyl (C=O) groups excluding carboxylic acids is 7. The van der Waals surface area contributed by atoms with Crippen molar-refractivity contribution < 1.29 is 52.2 Å². The van der Waals surface area contributed by atoms with Crippen LogP contribution in [0.3, 0.4) is 0 Å². The van der Waals surface area contributed by atoms with Crippen molar-refractivity contribution in [1.29, 1.82) is 0 Å². The quantitative estimate of drug-likeness (QED) is 0.111. The SMILES string of the molecule is C.C.Cl.O=C1CCC(N2Cc3cc(C4CCN(Cc5ccc(F)cc5)CC4)ccc3C2=O)C(=O)N1.O=C1CCC(N2Cc3cc(C4CCNCC4)ccc3C2=O)C(=O)N1.O=CO.O=Cc1ccc(F)cc1. The molecular formula is C53H63ClF2N6O9. The summed E-state index contributed by atoms with van der Waals surface area (Å²) in [4.78, 5) is 96.6. The average Bonchev–Trinajstić information content (AvgIpc) is 3.85. The number of likely N-dealkylation sites (tertiary alicyclic amines) is 1.